The number of carboxylic acids is 4. The molecular formula is C18H10O8. The van der Waals surface area contributed by atoms with Crippen molar-refractivity contribution in [2.75, 3.05) is 0 Å². The van der Waals surface area contributed by atoms with Gasteiger partial charge in [0, 0.05) is 0 Å². The molecule has 3 rings (SSSR count). The first-order valence-electron chi connectivity index (χ1n) is 7.19. The highest BCUT2D eigenvalue weighted by Gasteiger charge is 2.22. The molecule has 0 amide bonds. The number of hydrogen-bond donors (Lipinski definition) is 4. The Hall–Kier alpha value is -3.94. The number of fused-ring (bicyclic) bond motifs is 3. The van der Waals surface area contributed by atoms with Gasteiger partial charge in [0.15, 0.2) is 0 Å². The normalized spacial score (nSPS) is 10.8. The summed E-state index contributed by atoms with van der Waals surface area (Å²) < 4.78 is 0. The number of carbonyl (C=O) groups is 4. The lowest BCUT2D eigenvalue weighted by atomic mass is 9.92. The first-order chi connectivity index (χ1) is 12.2. The Balaban J connectivity index is 2.50. The largest absolute Gasteiger partial charge is 0.478 e. The second-order valence-corrected chi connectivity index (χ2v) is 5.49. The Bertz CT molecular complexity index is 1130. The summed E-state index contributed by atoms with van der Waals surface area (Å²) in [7, 11) is 0. The molecule has 0 radical (unpaired) electrons. The molecule has 0 atom stereocenters. The monoisotopic (exact) mass is 354 g/mol. The van der Waals surface area contributed by atoms with Crippen LogP contribution in [0.1, 0.15) is 41.4 Å². The van der Waals surface area contributed by atoms with Crippen molar-refractivity contribution in [1.29, 1.82) is 0 Å². The summed E-state index contributed by atoms with van der Waals surface area (Å²) in [5.74, 6) is -5.69. The Morgan fingerprint density at radius 1 is 0.538 bits per heavy atom. The van der Waals surface area contributed by atoms with E-state index in [0.717, 1.165) is 12.1 Å². The third-order valence-corrected chi connectivity index (χ3v) is 4.06. The molecule has 0 spiro atoms. The molecule has 0 aromatic heterocycles. The van der Waals surface area contributed by atoms with Crippen LogP contribution in [0, 0.1) is 0 Å². The van der Waals surface area contributed by atoms with E-state index in [0.29, 0.717) is 16.2 Å². The van der Waals surface area contributed by atoms with Crippen molar-refractivity contribution in [3.8, 4) is 0 Å². The lowest BCUT2D eigenvalue weighted by molar-refractivity contribution is 0.0652. The van der Waals surface area contributed by atoms with Crippen LogP contribution in [0.5, 0.6) is 0 Å². The van der Waals surface area contributed by atoms with Crippen molar-refractivity contribution in [2.45, 2.75) is 0 Å². The smallest absolute Gasteiger partial charge is 0.337 e. The van der Waals surface area contributed by atoms with E-state index in [9.17, 15) is 39.6 Å². The van der Waals surface area contributed by atoms with E-state index in [1.165, 1.54) is 24.3 Å². The summed E-state index contributed by atoms with van der Waals surface area (Å²) in [6.07, 6.45) is 0. The van der Waals surface area contributed by atoms with Gasteiger partial charge in [-0.15, -0.1) is 0 Å². The summed E-state index contributed by atoms with van der Waals surface area (Å²) >= 11 is 0. The molecule has 0 aliphatic heterocycles. The number of carboxylic acid groups (broad SMARTS) is 4. The van der Waals surface area contributed by atoms with Crippen LogP contribution in [-0.2, 0) is 0 Å². The van der Waals surface area contributed by atoms with Crippen molar-refractivity contribution >= 4 is 45.4 Å². The molecule has 8 nitrogen and oxygen atoms in total. The van der Waals surface area contributed by atoms with Crippen LogP contribution in [0.25, 0.3) is 21.5 Å². The van der Waals surface area contributed by atoms with Crippen LogP contribution in [0.15, 0.2) is 36.4 Å². The molecule has 0 unspecified atom stereocenters. The van der Waals surface area contributed by atoms with Gasteiger partial charge in [-0.3, -0.25) is 0 Å². The molecule has 0 saturated carbocycles. The number of rotatable bonds is 4. The first kappa shape index (κ1) is 16.9. The number of aromatic carboxylic acids is 4. The summed E-state index contributed by atoms with van der Waals surface area (Å²) in [5.41, 5.74) is -1.66. The maximum Gasteiger partial charge on any atom is 0.337 e. The van der Waals surface area contributed by atoms with Gasteiger partial charge in [0.05, 0.1) is 22.3 Å². The second-order valence-electron chi connectivity index (χ2n) is 5.49. The van der Waals surface area contributed by atoms with E-state index >= 15 is 0 Å². The Kier molecular flexibility index (Phi) is 3.80. The lowest BCUT2D eigenvalue weighted by Crippen LogP contribution is -2.09. The predicted molar refractivity (Wildman–Crippen MR) is 89.3 cm³/mol. The predicted octanol–water partition coefficient (Wildman–Crippen LogP) is 2.79. The van der Waals surface area contributed by atoms with E-state index in [2.05, 4.69) is 0 Å². The van der Waals surface area contributed by atoms with Gasteiger partial charge in [-0.05, 0) is 39.7 Å². The summed E-state index contributed by atoms with van der Waals surface area (Å²) in [6.45, 7) is 0. The van der Waals surface area contributed by atoms with E-state index in [1.54, 1.807) is 0 Å². The Labute approximate surface area is 144 Å². The zero-order valence-corrected chi connectivity index (χ0v) is 12.9. The summed E-state index contributed by atoms with van der Waals surface area (Å²) in [6, 6.07) is 7.63. The van der Waals surface area contributed by atoms with Gasteiger partial charge in [-0.1, -0.05) is 18.2 Å². The van der Waals surface area contributed by atoms with Crippen molar-refractivity contribution in [1.82, 2.24) is 0 Å². The van der Waals surface area contributed by atoms with Gasteiger partial charge in [0.25, 0.3) is 0 Å². The van der Waals surface area contributed by atoms with Crippen molar-refractivity contribution < 1.29 is 39.6 Å². The fourth-order valence-electron chi connectivity index (χ4n) is 2.95. The van der Waals surface area contributed by atoms with Crippen molar-refractivity contribution in [3.63, 3.8) is 0 Å². The summed E-state index contributed by atoms with van der Waals surface area (Å²) in [4.78, 5) is 45.5. The standard InChI is InChI=1S/C18H10O8/c19-15(20)10-4-3-8-9(14(10)18(25)26)2-1-7-5-12(16(21)22)13(17(23)24)6-11(7)8/h1-6H,(H,19,20)(H,21,22)(H,23,24)(H,25,26). The molecule has 8 heteroatoms. The Morgan fingerprint density at radius 3 is 1.62 bits per heavy atom. The third kappa shape index (κ3) is 2.49. The van der Waals surface area contributed by atoms with E-state index in [1.807, 2.05) is 0 Å². The van der Waals surface area contributed by atoms with Crippen LogP contribution in [-0.4, -0.2) is 44.3 Å². The van der Waals surface area contributed by atoms with E-state index < -0.39 is 46.1 Å². The topological polar surface area (TPSA) is 149 Å². The van der Waals surface area contributed by atoms with Crippen molar-refractivity contribution in [3.05, 3.63) is 58.7 Å². The van der Waals surface area contributed by atoms with Crippen LogP contribution in [0.3, 0.4) is 0 Å². The minimum Gasteiger partial charge on any atom is -0.478 e. The molecule has 0 aliphatic carbocycles. The zero-order chi connectivity index (χ0) is 19.2. The van der Waals surface area contributed by atoms with Gasteiger partial charge < -0.3 is 20.4 Å². The Morgan fingerprint density at radius 2 is 1.08 bits per heavy atom. The molecule has 0 aliphatic rings. The molecule has 3 aromatic carbocycles. The summed E-state index contributed by atoms with van der Waals surface area (Å²) in [5, 5.41) is 38.2. The van der Waals surface area contributed by atoms with Crippen LogP contribution in [0.4, 0.5) is 0 Å². The van der Waals surface area contributed by atoms with E-state index in [-0.39, 0.29) is 5.39 Å². The fraction of sp³-hybridized carbons (Fsp3) is 0. The quantitative estimate of drug-likeness (QED) is 0.522. The maximum atomic E-state index is 11.6. The number of hydrogen-bond acceptors (Lipinski definition) is 4. The van der Waals surface area contributed by atoms with Crippen LogP contribution in [0.2, 0.25) is 0 Å². The van der Waals surface area contributed by atoms with Crippen molar-refractivity contribution in [2.24, 2.45) is 0 Å². The highest BCUT2D eigenvalue weighted by Crippen LogP contribution is 2.32. The molecule has 130 valence electrons. The second kappa shape index (κ2) is 5.85. The minimum absolute atomic E-state index is 0.115. The molecule has 4 N–H and O–H groups in total. The molecule has 0 bridgehead atoms. The third-order valence-electron chi connectivity index (χ3n) is 4.06. The highest BCUT2D eigenvalue weighted by molar-refractivity contribution is 6.19. The molecular weight excluding hydrogens is 344 g/mol. The molecule has 0 saturated heterocycles. The highest BCUT2D eigenvalue weighted by atomic mass is 16.4. The maximum absolute atomic E-state index is 11.6. The molecule has 26 heavy (non-hydrogen) atoms. The van der Waals surface area contributed by atoms with Crippen LogP contribution < -0.4 is 0 Å². The van der Waals surface area contributed by atoms with E-state index in [4.69, 9.17) is 0 Å². The fourth-order valence-corrected chi connectivity index (χ4v) is 2.95. The zero-order valence-electron chi connectivity index (χ0n) is 12.9. The SMILES string of the molecule is O=C(O)c1cc2ccc3c(C(=O)O)c(C(=O)O)ccc3c2cc1C(=O)O. The molecule has 0 fully saturated rings. The van der Waals surface area contributed by atoms with Gasteiger partial charge in [0.1, 0.15) is 0 Å². The average Bonchev–Trinajstić information content (AvgIpc) is 2.58. The first-order valence-corrected chi connectivity index (χ1v) is 7.19. The molecule has 3 aromatic rings. The average molecular weight is 354 g/mol. The van der Waals surface area contributed by atoms with Gasteiger partial charge in [-0.25, -0.2) is 19.2 Å². The lowest BCUT2D eigenvalue weighted by Gasteiger charge is -2.11. The minimum atomic E-state index is -1.44. The number of benzene rings is 3. The van der Waals surface area contributed by atoms with Gasteiger partial charge in [-0.2, -0.15) is 0 Å². The van der Waals surface area contributed by atoms with Gasteiger partial charge >= 0.3 is 23.9 Å². The van der Waals surface area contributed by atoms with Gasteiger partial charge in [0.2, 0.25) is 0 Å². The van der Waals surface area contributed by atoms with Crippen LogP contribution >= 0.6 is 0 Å². The molecule has 0 heterocycles.